The molecule has 9 nitrogen and oxygen atoms in total. The average Bonchev–Trinajstić information content (AvgIpc) is 3.20. The molecule has 5 rings (SSSR count). The Bertz CT molecular complexity index is 1260. The van der Waals surface area contributed by atoms with Gasteiger partial charge >= 0.3 is 0 Å². The lowest BCUT2D eigenvalue weighted by atomic mass is 9.85. The quantitative estimate of drug-likeness (QED) is 0.351. The van der Waals surface area contributed by atoms with Gasteiger partial charge in [-0.05, 0) is 50.7 Å². The monoisotopic (exact) mass is 535 g/mol. The first-order valence-corrected chi connectivity index (χ1v) is 13.0. The van der Waals surface area contributed by atoms with Crippen LogP contribution in [-0.4, -0.2) is 42.7 Å². The molecule has 2 aliphatic rings. The standard InChI is InChI=1S/C24H28Cl2FN7O2/c25-15-9-13(27)10-16(26)20(15)32-24-31-18-11-29-23(30-17-3-1-2-4-19(17)35)33-22(18)34(24)14-7-5-12(6-8-14)21(28)36/h9-12,14,17,19,35H,1-8H2,(H2,28,36)(H,31,32)(H,29,30,33)/t12-,14+,17-,19-/m1/s1. The Morgan fingerprint density at radius 3 is 2.44 bits per heavy atom. The van der Waals surface area contributed by atoms with E-state index in [0.717, 1.165) is 25.7 Å². The molecule has 192 valence electrons. The minimum absolute atomic E-state index is 0.0193. The summed E-state index contributed by atoms with van der Waals surface area (Å²) in [6.07, 6.45) is 7.51. The zero-order chi connectivity index (χ0) is 25.4. The first kappa shape index (κ1) is 25.0. The Morgan fingerprint density at radius 2 is 1.78 bits per heavy atom. The van der Waals surface area contributed by atoms with Crippen LogP contribution in [0.1, 0.15) is 57.4 Å². The molecule has 1 aromatic carbocycles. The van der Waals surface area contributed by atoms with Crippen LogP contribution in [0.2, 0.25) is 10.0 Å². The van der Waals surface area contributed by atoms with Crippen LogP contribution in [0.15, 0.2) is 18.3 Å². The van der Waals surface area contributed by atoms with E-state index >= 15 is 0 Å². The zero-order valence-electron chi connectivity index (χ0n) is 19.6. The van der Waals surface area contributed by atoms with Crippen molar-refractivity contribution in [1.82, 2.24) is 19.5 Å². The van der Waals surface area contributed by atoms with Crippen LogP contribution in [0.25, 0.3) is 11.2 Å². The maximum Gasteiger partial charge on any atom is 0.225 e. The van der Waals surface area contributed by atoms with E-state index in [-0.39, 0.29) is 34.0 Å². The molecule has 12 heteroatoms. The van der Waals surface area contributed by atoms with Crippen LogP contribution < -0.4 is 16.4 Å². The van der Waals surface area contributed by atoms with E-state index in [0.29, 0.717) is 54.4 Å². The smallest absolute Gasteiger partial charge is 0.225 e. The van der Waals surface area contributed by atoms with E-state index in [2.05, 4.69) is 15.6 Å². The number of benzene rings is 1. The summed E-state index contributed by atoms with van der Waals surface area (Å²) in [6, 6.07) is 2.22. The molecule has 0 bridgehead atoms. The summed E-state index contributed by atoms with van der Waals surface area (Å²) in [4.78, 5) is 25.6. The normalized spacial score (nSPS) is 24.6. The molecular formula is C24H28Cl2FN7O2. The van der Waals surface area contributed by atoms with Gasteiger partial charge in [0.2, 0.25) is 17.8 Å². The number of halogens is 3. The number of nitrogens with two attached hydrogens (primary N) is 1. The van der Waals surface area contributed by atoms with Gasteiger partial charge in [0, 0.05) is 12.0 Å². The van der Waals surface area contributed by atoms with Crippen molar-refractivity contribution in [1.29, 1.82) is 0 Å². The van der Waals surface area contributed by atoms with Crippen LogP contribution in [-0.2, 0) is 4.79 Å². The third kappa shape index (κ3) is 5.07. The summed E-state index contributed by atoms with van der Waals surface area (Å²) in [7, 11) is 0. The van der Waals surface area contributed by atoms with Gasteiger partial charge in [0.25, 0.3) is 0 Å². The van der Waals surface area contributed by atoms with Crippen molar-refractivity contribution in [3.63, 3.8) is 0 Å². The predicted molar refractivity (Wildman–Crippen MR) is 137 cm³/mol. The van der Waals surface area contributed by atoms with Gasteiger partial charge < -0.3 is 21.5 Å². The Labute approximate surface area is 217 Å². The molecule has 36 heavy (non-hydrogen) atoms. The molecule has 5 N–H and O–H groups in total. The summed E-state index contributed by atoms with van der Waals surface area (Å²) in [5.74, 6) is -0.141. The highest BCUT2D eigenvalue weighted by atomic mass is 35.5. The van der Waals surface area contributed by atoms with Crippen LogP contribution in [0.5, 0.6) is 0 Å². The first-order chi connectivity index (χ1) is 17.3. The number of hydrogen-bond donors (Lipinski definition) is 4. The number of rotatable bonds is 6. The number of imidazole rings is 1. The second-order valence-corrected chi connectivity index (χ2v) is 10.4. The molecule has 2 saturated carbocycles. The number of primary amides is 1. The van der Waals surface area contributed by atoms with Crippen LogP contribution in [0.4, 0.5) is 22.0 Å². The highest BCUT2D eigenvalue weighted by molar-refractivity contribution is 6.39. The van der Waals surface area contributed by atoms with E-state index < -0.39 is 11.9 Å². The molecule has 0 unspecified atom stereocenters. The van der Waals surface area contributed by atoms with Gasteiger partial charge in [0.15, 0.2) is 5.65 Å². The fourth-order valence-electron chi connectivity index (χ4n) is 5.23. The number of aromatic nitrogens is 4. The van der Waals surface area contributed by atoms with Crippen LogP contribution in [0, 0.1) is 11.7 Å². The van der Waals surface area contributed by atoms with Crippen molar-refractivity contribution in [3.8, 4) is 0 Å². The van der Waals surface area contributed by atoms with Gasteiger partial charge in [-0.2, -0.15) is 4.98 Å². The molecule has 2 aromatic heterocycles. The number of carbonyl (C=O) groups is 1. The number of carbonyl (C=O) groups excluding carboxylic acids is 1. The van der Waals surface area contributed by atoms with Crippen molar-refractivity contribution in [2.45, 2.75) is 69.6 Å². The molecule has 3 aromatic rings. The number of nitrogens with one attached hydrogen (secondary N) is 2. The summed E-state index contributed by atoms with van der Waals surface area (Å²) < 4.78 is 15.7. The van der Waals surface area contributed by atoms with E-state index in [9.17, 15) is 14.3 Å². The van der Waals surface area contributed by atoms with E-state index in [1.54, 1.807) is 6.20 Å². The fourth-order valence-corrected chi connectivity index (χ4v) is 5.79. The highest BCUT2D eigenvalue weighted by Crippen LogP contribution is 2.39. The maximum absolute atomic E-state index is 13.8. The van der Waals surface area contributed by atoms with Crippen molar-refractivity contribution in [3.05, 3.63) is 34.2 Å². The zero-order valence-corrected chi connectivity index (χ0v) is 21.1. The molecule has 0 aliphatic heterocycles. The van der Waals surface area contributed by atoms with Gasteiger partial charge in [0.1, 0.15) is 11.3 Å². The third-order valence-electron chi connectivity index (χ3n) is 7.18. The number of anilines is 3. The van der Waals surface area contributed by atoms with Gasteiger partial charge in [-0.1, -0.05) is 36.0 Å². The lowest BCUT2D eigenvalue weighted by Gasteiger charge is -2.29. The number of aliphatic hydroxyl groups excluding tert-OH is 1. The van der Waals surface area contributed by atoms with E-state index in [1.807, 2.05) is 4.57 Å². The second kappa shape index (κ2) is 10.4. The first-order valence-electron chi connectivity index (χ1n) is 12.2. The third-order valence-corrected chi connectivity index (χ3v) is 7.78. The minimum atomic E-state index is -0.541. The Balaban J connectivity index is 1.53. The molecule has 2 heterocycles. The molecule has 0 saturated heterocycles. The SMILES string of the molecule is NC(=O)[C@H]1CC[C@@H](n2c(Nc3c(Cl)cc(F)cc3Cl)nc3cnc(N[C@@H]4CCCC[C@H]4O)nc32)CC1. The lowest BCUT2D eigenvalue weighted by molar-refractivity contribution is -0.122. The van der Waals surface area contributed by atoms with Crippen molar-refractivity contribution < 1.29 is 14.3 Å². The van der Waals surface area contributed by atoms with Gasteiger partial charge in [-0.3, -0.25) is 9.36 Å². The van der Waals surface area contributed by atoms with Gasteiger partial charge in [0.05, 0.1) is 34.1 Å². The molecule has 2 aliphatic carbocycles. The van der Waals surface area contributed by atoms with Gasteiger partial charge in [-0.15, -0.1) is 0 Å². The number of amides is 1. The van der Waals surface area contributed by atoms with Crippen LogP contribution in [0.3, 0.4) is 0 Å². The number of hydrogen-bond acceptors (Lipinski definition) is 7. The predicted octanol–water partition coefficient (Wildman–Crippen LogP) is 4.95. The minimum Gasteiger partial charge on any atom is -0.391 e. The molecule has 0 radical (unpaired) electrons. The Hall–Kier alpha value is -2.69. The highest BCUT2D eigenvalue weighted by Gasteiger charge is 2.30. The average molecular weight is 536 g/mol. The number of nitrogens with zero attached hydrogens (tertiary/aromatic N) is 4. The summed E-state index contributed by atoms with van der Waals surface area (Å²) in [5.41, 5.74) is 7.02. The fraction of sp³-hybridized carbons (Fsp3) is 0.500. The van der Waals surface area contributed by atoms with Crippen molar-refractivity contribution >= 4 is 57.9 Å². The van der Waals surface area contributed by atoms with E-state index in [1.165, 1.54) is 12.1 Å². The maximum atomic E-state index is 13.8. The number of aliphatic hydroxyl groups is 1. The molecule has 2 fully saturated rings. The van der Waals surface area contributed by atoms with Crippen molar-refractivity contribution in [2.75, 3.05) is 10.6 Å². The largest absolute Gasteiger partial charge is 0.391 e. The summed E-state index contributed by atoms with van der Waals surface area (Å²) >= 11 is 12.6. The lowest BCUT2D eigenvalue weighted by Crippen LogP contribution is -2.36. The van der Waals surface area contributed by atoms with Crippen molar-refractivity contribution in [2.24, 2.45) is 11.7 Å². The van der Waals surface area contributed by atoms with Gasteiger partial charge in [-0.25, -0.2) is 14.4 Å². The molecular weight excluding hydrogens is 508 g/mol. The van der Waals surface area contributed by atoms with Crippen LogP contribution >= 0.6 is 23.2 Å². The number of fused-ring (bicyclic) bond motifs is 1. The topological polar surface area (TPSA) is 131 Å². The Morgan fingerprint density at radius 1 is 1.08 bits per heavy atom. The Kier molecular flexibility index (Phi) is 7.18. The summed E-state index contributed by atoms with van der Waals surface area (Å²) in [5, 5.41) is 17.1. The summed E-state index contributed by atoms with van der Waals surface area (Å²) in [6.45, 7) is 0. The molecule has 0 spiro atoms. The molecule has 1 amide bonds. The van der Waals surface area contributed by atoms with E-state index in [4.69, 9.17) is 38.9 Å². The molecule has 2 atom stereocenters. The second-order valence-electron chi connectivity index (χ2n) is 9.59.